The maximum Gasteiger partial charge on any atom is 0.306 e. The third-order valence-corrected chi connectivity index (χ3v) is 17.4. The van der Waals surface area contributed by atoms with E-state index < -0.39 is 26.5 Å². The molecule has 0 aromatic rings. The van der Waals surface area contributed by atoms with Crippen molar-refractivity contribution in [2.24, 2.45) is 0 Å². The van der Waals surface area contributed by atoms with Gasteiger partial charge in [-0.15, -0.1) is 0 Å². The molecule has 0 N–H and O–H groups in total. The highest BCUT2D eigenvalue weighted by Crippen LogP contribution is 2.38. The summed E-state index contributed by atoms with van der Waals surface area (Å²) in [6, 6.07) is 0. The molecule has 0 spiro atoms. The van der Waals surface area contributed by atoms with Gasteiger partial charge in [0.2, 0.25) is 0 Å². The van der Waals surface area contributed by atoms with E-state index in [4.69, 9.17) is 18.5 Å². The van der Waals surface area contributed by atoms with Gasteiger partial charge >= 0.3 is 11.9 Å². The molecule has 0 bridgehead atoms. The summed E-state index contributed by atoms with van der Waals surface area (Å²) in [6.45, 7) is 4.01. The molecule has 556 valence electrons. The van der Waals surface area contributed by atoms with Crippen molar-refractivity contribution in [2.45, 2.75) is 315 Å². The number of carbonyl (C=O) groups is 2. The van der Waals surface area contributed by atoms with Gasteiger partial charge in [0.05, 0.1) is 27.7 Å². The number of esters is 2. The van der Waals surface area contributed by atoms with Crippen molar-refractivity contribution in [3.8, 4) is 0 Å². The predicted octanol–water partition coefficient (Wildman–Crippen LogP) is 26.0. The van der Waals surface area contributed by atoms with Gasteiger partial charge in [0.1, 0.15) is 19.8 Å². The lowest BCUT2D eigenvalue weighted by Gasteiger charge is -2.28. The van der Waals surface area contributed by atoms with Crippen molar-refractivity contribution in [3.05, 3.63) is 182 Å². The number of hydrogen-bond acceptors (Lipinski definition) is 8. The highest BCUT2D eigenvalue weighted by Gasteiger charge is 2.22. The van der Waals surface area contributed by atoms with E-state index in [1.54, 1.807) is 0 Å². The van der Waals surface area contributed by atoms with Crippen molar-refractivity contribution in [1.29, 1.82) is 0 Å². The fraction of sp³-hybridized carbons (Fsp3) is 0.636. The molecule has 2 unspecified atom stereocenters. The first kappa shape index (κ1) is 93.1. The third-order valence-electron chi connectivity index (χ3n) is 16.4. The van der Waals surface area contributed by atoms with E-state index in [1.807, 2.05) is 21.1 Å². The number of likely N-dealkylation sites (N-methyl/N-ethyl adjacent to an activating group) is 1. The minimum Gasteiger partial charge on any atom is -0.756 e. The van der Waals surface area contributed by atoms with Gasteiger partial charge < -0.3 is 27.9 Å². The second kappa shape index (κ2) is 76.3. The number of unbranched alkanes of at least 4 members (excludes halogenated alkanes) is 27. The molecule has 10 heteroatoms. The Balaban J connectivity index is 4.04. The number of phosphoric ester groups is 1. The molecule has 98 heavy (non-hydrogen) atoms. The van der Waals surface area contributed by atoms with E-state index in [9.17, 15) is 19.0 Å². The van der Waals surface area contributed by atoms with E-state index >= 15 is 0 Å². The van der Waals surface area contributed by atoms with Crippen LogP contribution in [0.3, 0.4) is 0 Å². The summed E-state index contributed by atoms with van der Waals surface area (Å²) in [7, 11) is 1.15. The Kier molecular flexibility index (Phi) is 72.5. The SMILES string of the molecule is CC/C=C\C/C=C\C/C=C\C/C=C\C/C=C\C/C=C\C/C=C\C/C=C\CCCCCCCCCCCCC(=O)OC(COC(=O)CCCCCCCCCCCCCCCCCCC/C=C\C/C=C\C/C=C\C/C=C\C/C=C\C/C=C\C/C=C\CC)COP(=O)([O-])OCC[N+](C)(C)C. The predicted molar refractivity (Wildman–Crippen MR) is 424 cm³/mol. The molecule has 0 radical (unpaired) electrons. The highest BCUT2D eigenvalue weighted by molar-refractivity contribution is 7.45. The quantitative estimate of drug-likeness (QED) is 0.0195. The zero-order valence-corrected chi connectivity index (χ0v) is 64.3. The number of quaternary nitrogens is 1. The normalized spacial score (nSPS) is 14.1. The molecular weight excluding hydrogens is 1230 g/mol. The molecule has 0 aromatic heterocycles. The van der Waals surface area contributed by atoms with Gasteiger partial charge in [-0.2, -0.15) is 0 Å². The van der Waals surface area contributed by atoms with Crippen LogP contribution in [0.25, 0.3) is 0 Å². The Morgan fingerprint density at radius 2 is 0.551 bits per heavy atom. The summed E-state index contributed by atoms with van der Waals surface area (Å²) in [5.74, 6) is -0.840. The molecule has 9 nitrogen and oxygen atoms in total. The van der Waals surface area contributed by atoms with Crippen molar-refractivity contribution >= 4 is 19.8 Å². The van der Waals surface area contributed by atoms with Crippen LogP contribution >= 0.6 is 7.82 Å². The number of ether oxygens (including phenoxy) is 2. The van der Waals surface area contributed by atoms with Crippen LogP contribution in [-0.2, 0) is 32.7 Å². The van der Waals surface area contributed by atoms with Crippen LogP contribution in [0.4, 0.5) is 0 Å². The maximum absolute atomic E-state index is 12.9. The Morgan fingerprint density at radius 3 is 0.816 bits per heavy atom. The number of carbonyl (C=O) groups excluding carboxylic acids is 2. The summed E-state index contributed by atoms with van der Waals surface area (Å²) in [4.78, 5) is 38.2. The lowest BCUT2D eigenvalue weighted by Crippen LogP contribution is -2.37. The Morgan fingerprint density at radius 1 is 0.316 bits per heavy atom. The first-order chi connectivity index (χ1) is 48.0. The Labute approximate surface area is 603 Å². The van der Waals surface area contributed by atoms with E-state index in [-0.39, 0.29) is 32.0 Å². The number of nitrogens with zero attached hydrogens (tertiary/aromatic N) is 1. The van der Waals surface area contributed by atoms with Crippen LogP contribution < -0.4 is 4.89 Å². The third kappa shape index (κ3) is 80.1. The maximum atomic E-state index is 12.9. The van der Waals surface area contributed by atoms with Crippen LogP contribution in [0, 0.1) is 0 Å². The molecule has 0 saturated carbocycles. The molecular formula is C88H146NO8P. The van der Waals surface area contributed by atoms with E-state index in [0.717, 1.165) is 141 Å². The monoisotopic (exact) mass is 1380 g/mol. The standard InChI is InChI=1S/C88H146NO8P/c1-6-8-10-12-14-16-18-20-22-24-26-28-30-32-34-36-38-40-42-43-44-45-47-48-50-52-54-56-58-60-62-64-66-68-70-72-74-76-78-80-87(90)94-84-86(85-96-98(92,93)95-83-82-89(3,4)5)97-88(91)81-79-77-75-73-71-69-67-65-63-61-59-57-55-53-51-49-46-41-39-37-35-33-31-29-27-25-23-21-19-17-15-13-11-9-7-2/h8-11,14-17,20-23,26-29,32-35,38-41,43-44,49,51,55,57,86H,6-7,12-13,18-19,24-25,30-31,36-37,42,45-48,50,52-54,56,58-85H2,1-5H3/b10-8-,11-9-,16-14-,17-15-,22-20-,23-21-,28-26-,29-27-,34-32-,35-33-,40-38-,41-39-,44-43-,51-49-,57-55-. The van der Waals surface area contributed by atoms with Crippen LogP contribution in [0.15, 0.2) is 182 Å². The summed E-state index contributed by atoms with van der Waals surface area (Å²) in [6.07, 6.45) is 117. The van der Waals surface area contributed by atoms with Gasteiger partial charge in [0.15, 0.2) is 6.10 Å². The lowest BCUT2D eigenvalue weighted by molar-refractivity contribution is -0.870. The topological polar surface area (TPSA) is 111 Å². The van der Waals surface area contributed by atoms with Crippen LogP contribution in [-0.4, -0.2) is 70.0 Å². The zero-order chi connectivity index (χ0) is 71.1. The summed E-state index contributed by atoms with van der Waals surface area (Å²) in [5.41, 5.74) is 0. The van der Waals surface area contributed by atoms with Crippen LogP contribution in [0.1, 0.15) is 309 Å². The average molecular weight is 1380 g/mol. The number of allylic oxidation sites excluding steroid dienone is 30. The van der Waals surface area contributed by atoms with E-state index in [0.29, 0.717) is 17.4 Å². The van der Waals surface area contributed by atoms with Crippen molar-refractivity contribution in [3.63, 3.8) is 0 Å². The number of rotatable bonds is 71. The summed E-state index contributed by atoms with van der Waals surface area (Å²) in [5, 5.41) is 0. The fourth-order valence-corrected chi connectivity index (χ4v) is 11.2. The first-order valence-corrected chi connectivity index (χ1v) is 41.0. The zero-order valence-electron chi connectivity index (χ0n) is 63.4. The van der Waals surface area contributed by atoms with Crippen LogP contribution in [0.2, 0.25) is 0 Å². The number of hydrogen-bond donors (Lipinski definition) is 0. The minimum absolute atomic E-state index is 0.0387. The van der Waals surface area contributed by atoms with E-state index in [2.05, 4.69) is 196 Å². The molecule has 0 aliphatic rings. The van der Waals surface area contributed by atoms with E-state index in [1.165, 1.54) is 135 Å². The molecule has 2 atom stereocenters. The molecule has 0 amide bonds. The van der Waals surface area contributed by atoms with Gasteiger partial charge in [0, 0.05) is 12.8 Å². The lowest BCUT2D eigenvalue weighted by atomic mass is 10.0. The summed E-state index contributed by atoms with van der Waals surface area (Å²) < 4.78 is 34.4. The largest absolute Gasteiger partial charge is 0.756 e. The van der Waals surface area contributed by atoms with Crippen molar-refractivity contribution in [1.82, 2.24) is 0 Å². The van der Waals surface area contributed by atoms with Gasteiger partial charge in [0.25, 0.3) is 7.82 Å². The minimum atomic E-state index is -4.66. The van der Waals surface area contributed by atoms with Gasteiger partial charge in [-0.05, 0) is 135 Å². The molecule has 0 rings (SSSR count). The molecule has 0 heterocycles. The second-order valence-electron chi connectivity index (χ2n) is 27.0. The van der Waals surface area contributed by atoms with Gasteiger partial charge in [-0.25, -0.2) is 0 Å². The molecule has 0 aliphatic carbocycles. The van der Waals surface area contributed by atoms with Crippen LogP contribution in [0.5, 0.6) is 0 Å². The summed E-state index contributed by atoms with van der Waals surface area (Å²) >= 11 is 0. The Hall–Kier alpha value is -4.89. The smallest absolute Gasteiger partial charge is 0.306 e. The molecule has 0 saturated heterocycles. The average Bonchev–Trinajstić information content (AvgIpc) is 1.08. The second-order valence-corrected chi connectivity index (χ2v) is 28.4. The first-order valence-electron chi connectivity index (χ1n) is 39.5. The Bertz CT molecular complexity index is 2320. The van der Waals surface area contributed by atoms with Crippen molar-refractivity contribution in [2.75, 3.05) is 47.5 Å². The molecule has 0 aliphatic heterocycles. The molecule has 0 fully saturated rings. The number of phosphoric acid groups is 1. The molecule has 0 aromatic carbocycles. The van der Waals surface area contributed by atoms with Gasteiger partial charge in [-0.3, -0.25) is 14.2 Å². The fourth-order valence-electron chi connectivity index (χ4n) is 10.5. The van der Waals surface area contributed by atoms with Gasteiger partial charge in [-0.1, -0.05) is 344 Å². The van der Waals surface area contributed by atoms with Crippen molar-refractivity contribution < 1.29 is 42.1 Å². The highest BCUT2D eigenvalue weighted by atomic mass is 31.2.